The average Bonchev–Trinajstić information content (AvgIpc) is 2.58. The molecule has 0 N–H and O–H groups in total. The molecular formula is C15H19Cl6NO3. The highest BCUT2D eigenvalue weighted by Gasteiger charge is 2.56. The molecule has 0 bridgehead atoms. The smallest absolute Gasteiger partial charge is 0.243 e. The molecule has 10 heteroatoms. The zero-order valence-corrected chi connectivity index (χ0v) is 18.6. The van der Waals surface area contributed by atoms with E-state index in [1.165, 1.54) is 13.8 Å². The third-order valence-corrected chi connectivity index (χ3v) is 6.66. The number of alkyl halides is 6. The normalized spacial score (nSPS) is 23.8. The number of hydrogen-bond donors (Lipinski definition) is 0. The van der Waals surface area contributed by atoms with Crippen molar-refractivity contribution in [2.75, 3.05) is 0 Å². The van der Waals surface area contributed by atoms with E-state index in [9.17, 15) is 14.4 Å². The largest absolute Gasteiger partial charge is 0.296 e. The summed E-state index contributed by atoms with van der Waals surface area (Å²) < 4.78 is -3.30. The molecule has 0 radical (unpaired) electrons. The second kappa shape index (κ2) is 7.89. The van der Waals surface area contributed by atoms with Crippen LogP contribution in [0.2, 0.25) is 0 Å². The van der Waals surface area contributed by atoms with Crippen LogP contribution in [0.25, 0.3) is 0 Å². The van der Waals surface area contributed by atoms with Gasteiger partial charge in [-0.1, -0.05) is 83.5 Å². The van der Waals surface area contributed by atoms with Crippen LogP contribution in [0.15, 0.2) is 0 Å². The van der Waals surface area contributed by atoms with Gasteiger partial charge in [-0.2, -0.15) is 0 Å². The first-order chi connectivity index (χ1) is 11.0. The van der Waals surface area contributed by atoms with Crippen molar-refractivity contribution in [2.24, 2.45) is 17.3 Å². The second-order valence-electron chi connectivity index (χ2n) is 6.90. The van der Waals surface area contributed by atoms with Crippen LogP contribution < -0.4 is 0 Å². The number of likely N-dealkylation sites (tertiary alicyclic amines) is 1. The van der Waals surface area contributed by atoms with E-state index >= 15 is 0 Å². The summed E-state index contributed by atoms with van der Waals surface area (Å²) in [6.07, 6.45) is -0.164. The van der Waals surface area contributed by atoms with Crippen LogP contribution in [0.5, 0.6) is 0 Å². The molecule has 3 unspecified atom stereocenters. The van der Waals surface area contributed by atoms with Crippen molar-refractivity contribution in [1.29, 1.82) is 0 Å². The van der Waals surface area contributed by atoms with Gasteiger partial charge in [-0.15, -0.1) is 0 Å². The topological polar surface area (TPSA) is 54.5 Å². The molecule has 4 nitrogen and oxygen atoms in total. The molecule has 0 spiro atoms. The molecule has 1 aliphatic heterocycles. The molecule has 0 aromatic heterocycles. The van der Waals surface area contributed by atoms with Crippen LogP contribution in [0, 0.1) is 17.3 Å². The molecule has 3 atom stereocenters. The van der Waals surface area contributed by atoms with E-state index in [1.54, 1.807) is 13.8 Å². The van der Waals surface area contributed by atoms with E-state index in [1.807, 2.05) is 0 Å². The first kappa shape index (κ1) is 23.6. The minimum absolute atomic E-state index is 0.0401. The van der Waals surface area contributed by atoms with Gasteiger partial charge in [-0.05, 0) is 20.3 Å². The van der Waals surface area contributed by atoms with Gasteiger partial charge in [0.15, 0.2) is 13.4 Å². The zero-order valence-electron chi connectivity index (χ0n) is 14.1. The van der Waals surface area contributed by atoms with E-state index in [0.717, 1.165) is 4.90 Å². The lowest BCUT2D eigenvalue weighted by Crippen LogP contribution is -2.43. The van der Waals surface area contributed by atoms with Gasteiger partial charge in [0.05, 0.1) is 6.04 Å². The Balaban J connectivity index is 3.13. The number of amides is 2. The third-order valence-electron chi connectivity index (χ3n) is 4.43. The maximum atomic E-state index is 12.7. The molecule has 0 aromatic carbocycles. The van der Waals surface area contributed by atoms with Gasteiger partial charge in [-0.3, -0.25) is 19.3 Å². The average molecular weight is 474 g/mol. The lowest BCUT2D eigenvalue weighted by Gasteiger charge is -2.29. The fourth-order valence-electron chi connectivity index (χ4n) is 2.53. The second-order valence-corrected chi connectivity index (χ2v) is 11.6. The molecule has 144 valence electrons. The van der Waals surface area contributed by atoms with Crippen LogP contribution >= 0.6 is 69.6 Å². The highest BCUT2D eigenvalue weighted by atomic mass is 35.6. The number of Topliss-reactive ketones (excluding diaryl/α,β-unsaturated/α-hetero) is 1. The summed E-state index contributed by atoms with van der Waals surface area (Å²) in [4.78, 5) is 38.9. The van der Waals surface area contributed by atoms with Gasteiger partial charge in [0.25, 0.3) is 0 Å². The molecule has 1 fully saturated rings. The number of imide groups is 1. The summed E-state index contributed by atoms with van der Waals surface area (Å²) in [5, 5.41) is 0. The number of halogens is 6. The van der Waals surface area contributed by atoms with Crippen molar-refractivity contribution in [3.63, 3.8) is 0 Å². The Morgan fingerprint density at radius 3 is 1.88 bits per heavy atom. The molecule has 2 amide bonds. The van der Waals surface area contributed by atoms with Gasteiger partial charge >= 0.3 is 0 Å². The third kappa shape index (κ3) is 5.30. The number of carbonyl (C=O) groups is 3. The monoisotopic (exact) mass is 471 g/mol. The number of nitrogens with zero attached hydrogens (tertiary/aromatic N) is 1. The van der Waals surface area contributed by atoms with Crippen molar-refractivity contribution in [2.45, 2.75) is 54.2 Å². The molecule has 1 saturated heterocycles. The van der Waals surface area contributed by atoms with Gasteiger partial charge in [0, 0.05) is 18.3 Å². The Kier molecular flexibility index (Phi) is 7.44. The first-order valence-electron chi connectivity index (χ1n) is 7.55. The van der Waals surface area contributed by atoms with E-state index in [2.05, 4.69) is 0 Å². The Bertz CT molecular complexity index is 567. The Labute approximate surface area is 177 Å². The molecule has 25 heavy (non-hydrogen) atoms. The molecule has 1 heterocycles. The van der Waals surface area contributed by atoms with E-state index in [4.69, 9.17) is 69.6 Å². The number of ketones is 1. The van der Waals surface area contributed by atoms with Crippen molar-refractivity contribution in [3.05, 3.63) is 0 Å². The minimum atomic E-state index is -1.67. The fourth-order valence-corrected chi connectivity index (χ4v) is 3.02. The van der Waals surface area contributed by atoms with Gasteiger partial charge in [-0.25, -0.2) is 0 Å². The van der Waals surface area contributed by atoms with Crippen LogP contribution in [0.3, 0.4) is 0 Å². The minimum Gasteiger partial charge on any atom is -0.296 e. The predicted octanol–water partition coefficient (Wildman–Crippen LogP) is 5.11. The Hall–Kier alpha value is 0.550. The van der Waals surface area contributed by atoms with Crippen LogP contribution in [-0.2, 0) is 14.4 Å². The van der Waals surface area contributed by atoms with E-state index < -0.39 is 48.5 Å². The summed E-state index contributed by atoms with van der Waals surface area (Å²) in [6, 6.07) is -1.01. The van der Waals surface area contributed by atoms with Gasteiger partial charge in [0.2, 0.25) is 11.8 Å². The molecule has 1 rings (SSSR count). The first-order valence-corrected chi connectivity index (χ1v) is 9.82. The molecule has 1 aliphatic rings. The highest BCUT2D eigenvalue weighted by Crippen LogP contribution is 2.43. The standard InChI is InChI=1S/C15H19Cl6NO3/c1-7(14(16,17)18)5-9-11(24)13(3,4)12(25)22(9)10(23)6-8(2)15(19,20)21/h7-9H,5-6H2,1-4H3. The van der Waals surface area contributed by atoms with Crippen LogP contribution in [0.1, 0.15) is 40.5 Å². The van der Waals surface area contributed by atoms with Crippen molar-refractivity contribution < 1.29 is 14.4 Å². The molecular weight excluding hydrogens is 455 g/mol. The lowest BCUT2D eigenvalue weighted by atomic mass is 9.86. The van der Waals surface area contributed by atoms with Crippen LogP contribution in [-0.4, -0.2) is 36.1 Å². The Morgan fingerprint density at radius 1 is 1.04 bits per heavy atom. The van der Waals surface area contributed by atoms with E-state index in [0.29, 0.717) is 0 Å². The molecule has 0 saturated carbocycles. The maximum absolute atomic E-state index is 12.7. The van der Waals surface area contributed by atoms with Crippen molar-refractivity contribution in [3.8, 4) is 0 Å². The summed E-state index contributed by atoms with van der Waals surface area (Å²) in [6.45, 7) is 6.13. The number of rotatable bonds is 4. The maximum Gasteiger partial charge on any atom is 0.243 e. The van der Waals surface area contributed by atoms with E-state index in [-0.39, 0.29) is 12.8 Å². The summed E-state index contributed by atoms with van der Waals surface area (Å²) in [5.74, 6) is -2.80. The number of hydrogen-bond acceptors (Lipinski definition) is 3. The Morgan fingerprint density at radius 2 is 1.48 bits per heavy atom. The molecule has 0 aliphatic carbocycles. The summed E-state index contributed by atoms with van der Waals surface area (Å²) in [7, 11) is 0. The SMILES string of the molecule is CC(CC(=O)N1C(=O)C(C)(C)C(=O)C1CC(C)C(Cl)(Cl)Cl)C(Cl)(Cl)Cl. The van der Waals surface area contributed by atoms with Crippen LogP contribution in [0.4, 0.5) is 0 Å². The van der Waals surface area contributed by atoms with Crippen molar-refractivity contribution in [1.82, 2.24) is 4.90 Å². The summed E-state index contributed by atoms with van der Waals surface area (Å²) in [5.41, 5.74) is -1.34. The quantitative estimate of drug-likeness (QED) is 0.421. The zero-order chi connectivity index (χ0) is 20.0. The molecule has 0 aromatic rings. The highest BCUT2D eigenvalue weighted by molar-refractivity contribution is 6.68. The number of carbonyl (C=O) groups excluding carboxylic acids is 3. The predicted molar refractivity (Wildman–Crippen MR) is 103 cm³/mol. The van der Waals surface area contributed by atoms with Gasteiger partial charge in [0.1, 0.15) is 5.41 Å². The lowest BCUT2D eigenvalue weighted by molar-refractivity contribution is -0.147. The van der Waals surface area contributed by atoms with Gasteiger partial charge < -0.3 is 0 Å². The van der Waals surface area contributed by atoms with Crippen molar-refractivity contribution >= 4 is 87.2 Å². The summed E-state index contributed by atoms with van der Waals surface area (Å²) >= 11 is 35.0. The fraction of sp³-hybridized carbons (Fsp3) is 0.800.